The summed E-state index contributed by atoms with van der Waals surface area (Å²) in [6.07, 6.45) is -0.0651. The van der Waals surface area contributed by atoms with E-state index in [1.165, 1.54) is 18.2 Å². The van der Waals surface area contributed by atoms with Crippen molar-refractivity contribution in [1.29, 1.82) is 0 Å². The van der Waals surface area contributed by atoms with Gasteiger partial charge in [-0.2, -0.15) is 0 Å². The van der Waals surface area contributed by atoms with E-state index in [9.17, 15) is 19.7 Å². The topological polar surface area (TPSA) is 123 Å². The van der Waals surface area contributed by atoms with Crippen molar-refractivity contribution >= 4 is 17.5 Å². The van der Waals surface area contributed by atoms with Gasteiger partial charge in [-0.1, -0.05) is 30.8 Å². The summed E-state index contributed by atoms with van der Waals surface area (Å²) in [5.74, 6) is -0.212. The smallest absolute Gasteiger partial charge is 0.270 e. The van der Waals surface area contributed by atoms with Crippen molar-refractivity contribution in [2.75, 3.05) is 7.11 Å². The highest BCUT2D eigenvalue weighted by atomic mass is 16.6. The first-order valence-corrected chi connectivity index (χ1v) is 8.28. The molecular weight excluding hydrogens is 364 g/mol. The maximum Gasteiger partial charge on any atom is 0.270 e. The van der Waals surface area contributed by atoms with E-state index in [0.717, 1.165) is 11.6 Å². The Kier molecular flexibility index (Phi) is 7.09. The molecule has 0 fully saturated rings. The quantitative estimate of drug-likeness (QED) is 0.449. The van der Waals surface area contributed by atoms with Crippen LogP contribution in [0.3, 0.4) is 0 Å². The maximum absolute atomic E-state index is 12.0. The number of benzene rings is 2. The molecule has 0 aliphatic carbocycles. The number of hydrogen-bond acceptors (Lipinski definition) is 6. The minimum absolute atomic E-state index is 0.0651. The molecule has 2 rings (SSSR count). The van der Waals surface area contributed by atoms with E-state index in [1.807, 2.05) is 18.2 Å². The molecule has 146 valence electrons. The molecule has 0 heterocycles. The van der Waals surface area contributed by atoms with Gasteiger partial charge in [-0.25, -0.2) is 0 Å². The molecule has 0 aliphatic rings. The maximum atomic E-state index is 12.0. The fraction of sp³-hybridized carbons (Fsp3) is 0.158. The third kappa shape index (κ3) is 5.84. The van der Waals surface area contributed by atoms with Gasteiger partial charge >= 0.3 is 0 Å². The molecule has 0 unspecified atom stereocenters. The number of nitro groups is 1. The van der Waals surface area contributed by atoms with E-state index in [-0.39, 0.29) is 35.8 Å². The van der Waals surface area contributed by atoms with Crippen LogP contribution in [0.25, 0.3) is 0 Å². The standard InChI is InChI=1S/C19H20N4O5/c1-13(10-18(24)20-12-15-6-3-4-9-17(15)28-2)21-22-19(25)14-7-5-8-16(11-14)23(26)27/h3-9,11,21H,1,10,12H2,2H3,(H,20,24)(H,22,25). The van der Waals surface area contributed by atoms with Gasteiger partial charge in [0, 0.05) is 35.5 Å². The highest BCUT2D eigenvalue weighted by molar-refractivity contribution is 5.94. The van der Waals surface area contributed by atoms with Gasteiger partial charge in [-0.3, -0.25) is 25.1 Å². The zero-order valence-corrected chi connectivity index (χ0v) is 15.2. The average Bonchev–Trinajstić information content (AvgIpc) is 2.70. The van der Waals surface area contributed by atoms with Gasteiger partial charge in [0.2, 0.25) is 5.91 Å². The van der Waals surface area contributed by atoms with Crippen molar-refractivity contribution < 1.29 is 19.2 Å². The highest BCUT2D eigenvalue weighted by Crippen LogP contribution is 2.16. The molecular formula is C19H20N4O5. The number of nitrogens with zero attached hydrogens (tertiary/aromatic N) is 1. The zero-order valence-electron chi connectivity index (χ0n) is 15.2. The number of amides is 2. The van der Waals surface area contributed by atoms with Crippen LogP contribution in [-0.2, 0) is 11.3 Å². The molecule has 0 radical (unpaired) electrons. The predicted molar refractivity (Wildman–Crippen MR) is 102 cm³/mol. The Hall–Kier alpha value is -3.88. The summed E-state index contributed by atoms with van der Waals surface area (Å²) in [5, 5.41) is 13.5. The molecule has 0 bridgehead atoms. The number of para-hydroxylation sites is 1. The van der Waals surface area contributed by atoms with E-state index >= 15 is 0 Å². The second kappa shape index (κ2) is 9.72. The Morgan fingerprint density at radius 1 is 1.14 bits per heavy atom. The molecule has 2 aromatic rings. The fourth-order valence-electron chi connectivity index (χ4n) is 2.32. The summed E-state index contributed by atoms with van der Waals surface area (Å²) in [7, 11) is 1.55. The zero-order chi connectivity index (χ0) is 20.5. The van der Waals surface area contributed by atoms with Gasteiger partial charge in [0.1, 0.15) is 5.75 Å². The first-order valence-electron chi connectivity index (χ1n) is 8.28. The second-order valence-electron chi connectivity index (χ2n) is 5.76. The third-order valence-corrected chi connectivity index (χ3v) is 3.71. The SMILES string of the molecule is C=C(CC(=O)NCc1ccccc1OC)NNC(=O)c1cccc([N+](=O)[O-])c1. The Morgan fingerprint density at radius 2 is 1.89 bits per heavy atom. The van der Waals surface area contributed by atoms with Crippen LogP contribution in [0, 0.1) is 10.1 Å². The van der Waals surface area contributed by atoms with Crippen molar-refractivity contribution in [2.24, 2.45) is 0 Å². The predicted octanol–water partition coefficient (Wildman–Crippen LogP) is 2.06. The summed E-state index contributed by atoms with van der Waals surface area (Å²) >= 11 is 0. The largest absolute Gasteiger partial charge is 0.496 e. The van der Waals surface area contributed by atoms with Crippen LogP contribution in [0.2, 0.25) is 0 Å². The number of ether oxygens (including phenoxy) is 1. The van der Waals surface area contributed by atoms with Crippen molar-refractivity contribution in [3.8, 4) is 5.75 Å². The van der Waals surface area contributed by atoms with E-state index in [1.54, 1.807) is 13.2 Å². The Balaban J connectivity index is 1.80. The lowest BCUT2D eigenvalue weighted by molar-refractivity contribution is -0.384. The molecule has 28 heavy (non-hydrogen) atoms. The summed E-state index contributed by atoms with van der Waals surface area (Å²) in [5.41, 5.74) is 5.89. The van der Waals surface area contributed by atoms with Gasteiger partial charge < -0.3 is 15.5 Å². The van der Waals surface area contributed by atoms with Crippen molar-refractivity contribution in [3.63, 3.8) is 0 Å². The number of rotatable bonds is 9. The first kappa shape index (κ1) is 20.4. The lowest BCUT2D eigenvalue weighted by atomic mass is 10.2. The molecule has 0 atom stereocenters. The minimum atomic E-state index is -0.588. The second-order valence-corrected chi connectivity index (χ2v) is 5.76. The Labute approximate surface area is 161 Å². The van der Waals surface area contributed by atoms with Crippen LogP contribution in [0.4, 0.5) is 5.69 Å². The third-order valence-electron chi connectivity index (χ3n) is 3.71. The van der Waals surface area contributed by atoms with Crippen LogP contribution < -0.4 is 20.9 Å². The number of carbonyl (C=O) groups is 2. The molecule has 2 amide bonds. The summed E-state index contributed by atoms with van der Waals surface area (Å²) < 4.78 is 5.22. The molecule has 0 saturated carbocycles. The van der Waals surface area contributed by atoms with E-state index in [2.05, 4.69) is 22.7 Å². The number of methoxy groups -OCH3 is 1. The number of carbonyl (C=O) groups excluding carboxylic acids is 2. The van der Waals surface area contributed by atoms with Crippen molar-refractivity contribution in [1.82, 2.24) is 16.2 Å². The summed E-state index contributed by atoms with van der Waals surface area (Å²) in [4.78, 5) is 34.2. The first-order chi connectivity index (χ1) is 13.4. The molecule has 2 aromatic carbocycles. The van der Waals surface area contributed by atoms with E-state index < -0.39 is 10.8 Å². The van der Waals surface area contributed by atoms with E-state index in [0.29, 0.717) is 5.75 Å². The van der Waals surface area contributed by atoms with Gasteiger partial charge in [-0.15, -0.1) is 0 Å². The molecule has 0 aliphatic heterocycles. The molecule has 0 spiro atoms. The van der Waals surface area contributed by atoms with Crippen molar-refractivity contribution in [3.05, 3.63) is 82.0 Å². The normalized spacial score (nSPS) is 9.89. The fourth-order valence-corrected chi connectivity index (χ4v) is 2.32. The number of nitrogens with one attached hydrogen (secondary N) is 3. The van der Waals surface area contributed by atoms with E-state index in [4.69, 9.17) is 4.74 Å². The molecule has 3 N–H and O–H groups in total. The number of nitro benzene ring substituents is 1. The Bertz CT molecular complexity index is 897. The van der Waals surface area contributed by atoms with Crippen LogP contribution >= 0.6 is 0 Å². The molecule has 0 aromatic heterocycles. The van der Waals surface area contributed by atoms with Gasteiger partial charge in [0.15, 0.2) is 0 Å². The highest BCUT2D eigenvalue weighted by Gasteiger charge is 2.12. The monoisotopic (exact) mass is 384 g/mol. The number of hydrogen-bond donors (Lipinski definition) is 3. The molecule has 9 heteroatoms. The number of non-ortho nitro benzene ring substituents is 1. The average molecular weight is 384 g/mol. The van der Waals surface area contributed by atoms with Crippen LogP contribution in [0.1, 0.15) is 22.3 Å². The van der Waals surface area contributed by atoms with Crippen LogP contribution in [-0.4, -0.2) is 23.8 Å². The molecule has 0 saturated heterocycles. The van der Waals surface area contributed by atoms with Gasteiger partial charge in [-0.05, 0) is 12.1 Å². The van der Waals surface area contributed by atoms with Gasteiger partial charge in [0.25, 0.3) is 11.6 Å². The lowest BCUT2D eigenvalue weighted by Crippen LogP contribution is -2.38. The lowest BCUT2D eigenvalue weighted by Gasteiger charge is -2.12. The number of hydrazine groups is 1. The summed E-state index contributed by atoms with van der Waals surface area (Å²) in [6, 6.07) is 12.6. The summed E-state index contributed by atoms with van der Waals surface area (Å²) in [6.45, 7) is 3.96. The van der Waals surface area contributed by atoms with Crippen LogP contribution in [0.5, 0.6) is 5.75 Å². The molecule has 9 nitrogen and oxygen atoms in total. The van der Waals surface area contributed by atoms with Crippen LogP contribution in [0.15, 0.2) is 60.8 Å². The minimum Gasteiger partial charge on any atom is -0.496 e. The van der Waals surface area contributed by atoms with Crippen molar-refractivity contribution in [2.45, 2.75) is 13.0 Å². The van der Waals surface area contributed by atoms with Gasteiger partial charge in [0.05, 0.1) is 18.5 Å². The Morgan fingerprint density at radius 3 is 2.61 bits per heavy atom.